The van der Waals surface area contributed by atoms with Crippen molar-refractivity contribution >= 4 is 10.9 Å². The third kappa shape index (κ3) is 1.00. The van der Waals surface area contributed by atoms with Crippen molar-refractivity contribution in [3.63, 3.8) is 0 Å². The second-order valence-corrected chi connectivity index (χ2v) is 2.30. The molecule has 3 nitrogen and oxygen atoms in total. The molecule has 54 valence electrons. The second kappa shape index (κ2) is 2.20. The van der Waals surface area contributed by atoms with Crippen LogP contribution in [0.4, 0.5) is 0 Å². The van der Waals surface area contributed by atoms with Crippen LogP contribution in [-0.2, 0) is 0 Å². The van der Waals surface area contributed by atoms with Gasteiger partial charge in [-0.2, -0.15) is 0 Å². The Morgan fingerprint density at radius 3 is 3.18 bits per heavy atom. The summed E-state index contributed by atoms with van der Waals surface area (Å²) in [6.45, 7) is 0. The Kier molecular flexibility index (Phi) is 1.22. The predicted molar refractivity (Wildman–Crippen MR) is 39.1 cm³/mol. The molecule has 0 aromatic carbocycles. The largest absolute Gasteiger partial charge is 0.285 e. The SMILES string of the molecule is O[n+]1ccc2ncccc2c1. The van der Waals surface area contributed by atoms with Crippen molar-refractivity contribution < 1.29 is 9.94 Å². The van der Waals surface area contributed by atoms with Gasteiger partial charge in [-0.3, -0.25) is 10.2 Å². The lowest BCUT2D eigenvalue weighted by atomic mass is 10.3. The highest BCUT2D eigenvalue weighted by Gasteiger charge is 1.98. The minimum Gasteiger partial charge on any atom is -0.285 e. The van der Waals surface area contributed by atoms with E-state index in [1.54, 1.807) is 24.7 Å². The van der Waals surface area contributed by atoms with Crippen molar-refractivity contribution in [3.05, 3.63) is 36.8 Å². The van der Waals surface area contributed by atoms with Gasteiger partial charge in [0.05, 0.1) is 10.9 Å². The van der Waals surface area contributed by atoms with Crippen molar-refractivity contribution in [2.24, 2.45) is 0 Å². The molecule has 0 atom stereocenters. The molecule has 0 bridgehead atoms. The summed E-state index contributed by atoms with van der Waals surface area (Å²) in [7, 11) is 0. The Morgan fingerprint density at radius 2 is 2.27 bits per heavy atom. The van der Waals surface area contributed by atoms with Gasteiger partial charge in [0.2, 0.25) is 12.4 Å². The normalized spacial score (nSPS) is 10.2. The summed E-state index contributed by atoms with van der Waals surface area (Å²) in [5.74, 6) is 0. The monoisotopic (exact) mass is 147 g/mol. The first kappa shape index (κ1) is 6.09. The lowest BCUT2D eigenvalue weighted by Crippen LogP contribution is -2.27. The zero-order chi connectivity index (χ0) is 7.68. The number of fused-ring (bicyclic) bond motifs is 1. The number of pyridine rings is 2. The summed E-state index contributed by atoms with van der Waals surface area (Å²) in [4.78, 5) is 4.10. The molecule has 0 amide bonds. The van der Waals surface area contributed by atoms with Crippen LogP contribution in [0, 0.1) is 0 Å². The Labute approximate surface area is 63.5 Å². The predicted octanol–water partition coefficient (Wildman–Crippen LogP) is 0.760. The fraction of sp³-hybridized carbons (Fsp3) is 0. The molecule has 0 spiro atoms. The van der Waals surface area contributed by atoms with Gasteiger partial charge in [-0.1, -0.05) is 0 Å². The molecule has 0 saturated carbocycles. The first-order valence-corrected chi connectivity index (χ1v) is 3.31. The minimum absolute atomic E-state index is 0.887. The third-order valence-electron chi connectivity index (χ3n) is 1.53. The maximum absolute atomic E-state index is 9.02. The number of aromatic nitrogens is 2. The van der Waals surface area contributed by atoms with E-state index in [9.17, 15) is 0 Å². The standard InChI is InChI=1S/C8H7N2O/c11-10-5-3-8-7(6-10)2-1-4-9-8/h1-6,11H/q+1. The highest BCUT2D eigenvalue weighted by Crippen LogP contribution is 2.05. The Morgan fingerprint density at radius 1 is 1.36 bits per heavy atom. The lowest BCUT2D eigenvalue weighted by Gasteiger charge is -1.89. The molecule has 1 N–H and O–H groups in total. The van der Waals surface area contributed by atoms with E-state index in [1.165, 1.54) is 0 Å². The number of hydrogen-bond acceptors (Lipinski definition) is 2. The van der Waals surface area contributed by atoms with Crippen LogP contribution < -0.4 is 4.73 Å². The molecule has 0 fully saturated rings. The first-order valence-electron chi connectivity index (χ1n) is 3.31. The summed E-state index contributed by atoms with van der Waals surface area (Å²) >= 11 is 0. The van der Waals surface area contributed by atoms with Crippen LogP contribution in [0.25, 0.3) is 10.9 Å². The van der Waals surface area contributed by atoms with Gasteiger partial charge in [-0.05, 0) is 12.1 Å². The molecule has 0 aliphatic heterocycles. The van der Waals surface area contributed by atoms with Gasteiger partial charge >= 0.3 is 0 Å². The van der Waals surface area contributed by atoms with Crippen molar-refractivity contribution in [1.29, 1.82) is 0 Å². The van der Waals surface area contributed by atoms with Crippen LogP contribution in [0.15, 0.2) is 36.8 Å². The molecule has 2 aromatic rings. The van der Waals surface area contributed by atoms with Gasteiger partial charge in [0.15, 0.2) is 0 Å². The zero-order valence-corrected chi connectivity index (χ0v) is 5.81. The molecule has 0 aliphatic rings. The molecular formula is C8H7N2O+. The van der Waals surface area contributed by atoms with E-state index >= 15 is 0 Å². The van der Waals surface area contributed by atoms with Gasteiger partial charge < -0.3 is 0 Å². The topological polar surface area (TPSA) is 37.0 Å². The smallest absolute Gasteiger partial charge is 0.231 e. The highest BCUT2D eigenvalue weighted by molar-refractivity contribution is 5.75. The lowest BCUT2D eigenvalue weighted by molar-refractivity contribution is -0.904. The zero-order valence-electron chi connectivity index (χ0n) is 5.81. The van der Waals surface area contributed by atoms with E-state index in [0.29, 0.717) is 0 Å². The number of hydrogen-bond donors (Lipinski definition) is 1. The fourth-order valence-electron chi connectivity index (χ4n) is 1.01. The Bertz CT molecular complexity index is 387. The van der Waals surface area contributed by atoms with E-state index in [0.717, 1.165) is 15.6 Å². The van der Waals surface area contributed by atoms with Crippen LogP contribution >= 0.6 is 0 Å². The molecule has 2 aromatic heterocycles. The van der Waals surface area contributed by atoms with Crippen LogP contribution in [0.1, 0.15) is 0 Å². The molecule has 2 heterocycles. The number of nitrogens with zero attached hydrogens (tertiary/aromatic N) is 2. The van der Waals surface area contributed by atoms with Gasteiger partial charge in [-0.25, -0.2) is 0 Å². The summed E-state index contributed by atoms with van der Waals surface area (Å²) in [5, 5.41) is 9.95. The van der Waals surface area contributed by atoms with Gasteiger partial charge in [0.25, 0.3) is 0 Å². The Balaban J connectivity index is 2.83. The van der Waals surface area contributed by atoms with Crippen molar-refractivity contribution in [1.82, 2.24) is 4.98 Å². The van der Waals surface area contributed by atoms with Crippen LogP contribution in [0.5, 0.6) is 0 Å². The van der Waals surface area contributed by atoms with Gasteiger partial charge in [0.1, 0.15) is 0 Å². The highest BCUT2D eigenvalue weighted by atomic mass is 16.5. The molecule has 0 saturated heterocycles. The van der Waals surface area contributed by atoms with Crippen LogP contribution in [0.2, 0.25) is 0 Å². The van der Waals surface area contributed by atoms with E-state index in [-0.39, 0.29) is 0 Å². The van der Waals surface area contributed by atoms with Gasteiger partial charge in [-0.15, -0.1) is 0 Å². The second-order valence-electron chi connectivity index (χ2n) is 2.30. The number of rotatable bonds is 0. The van der Waals surface area contributed by atoms with E-state index < -0.39 is 0 Å². The molecular weight excluding hydrogens is 140 g/mol. The average Bonchev–Trinajstić information content (AvgIpc) is 2.04. The molecule has 2 rings (SSSR count). The van der Waals surface area contributed by atoms with Crippen LogP contribution in [-0.4, -0.2) is 10.2 Å². The molecule has 11 heavy (non-hydrogen) atoms. The van der Waals surface area contributed by atoms with E-state index in [2.05, 4.69) is 4.98 Å². The molecule has 0 aliphatic carbocycles. The van der Waals surface area contributed by atoms with Crippen molar-refractivity contribution in [2.45, 2.75) is 0 Å². The molecule has 0 unspecified atom stereocenters. The van der Waals surface area contributed by atoms with Gasteiger partial charge in [0, 0.05) is 17.0 Å². The molecule has 3 heteroatoms. The maximum Gasteiger partial charge on any atom is 0.231 e. The first-order chi connectivity index (χ1) is 5.36. The summed E-state index contributed by atoms with van der Waals surface area (Å²) in [5.41, 5.74) is 0.887. The van der Waals surface area contributed by atoms with Crippen molar-refractivity contribution in [3.8, 4) is 0 Å². The quantitative estimate of drug-likeness (QED) is 0.441. The maximum atomic E-state index is 9.02. The van der Waals surface area contributed by atoms with E-state index in [4.69, 9.17) is 5.21 Å². The average molecular weight is 147 g/mol. The molecule has 0 radical (unpaired) electrons. The fourth-order valence-corrected chi connectivity index (χ4v) is 1.01. The Hall–Kier alpha value is -1.64. The van der Waals surface area contributed by atoms with E-state index in [1.807, 2.05) is 12.1 Å². The summed E-state index contributed by atoms with van der Waals surface area (Å²) < 4.78 is 1.02. The summed E-state index contributed by atoms with van der Waals surface area (Å²) in [6, 6.07) is 5.49. The van der Waals surface area contributed by atoms with Crippen molar-refractivity contribution in [2.75, 3.05) is 0 Å². The van der Waals surface area contributed by atoms with Crippen LogP contribution in [0.3, 0.4) is 0 Å². The minimum atomic E-state index is 0.887. The summed E-state index contributed by atoms with van der Waals surface area (Å²) in [6.07, 6.45) is 4.89. The third-order valence-corrected chi connectivity index (χ3v) is 1.53.